The van der Waals surface area contributed by atoms with E-state index in [0.717, 1.165) is 43.0 Å². The highest BCUT2D eigenvalue weighted by Gasteiger charge is 2.27. The fourth-order valence-electron chi connectivity index (χ4n) is 2.70. The third-order valence-corrected chi connectivity index (χ3v) is 3.63. The molecule has 2 aromatic heterocycles. The Morgan fingerprint density at radius 2 is 2.20 bits per heavy atom. The van der Waals surface area contributed by atoms with E-state index in [-0.39, 0.29) is 11.9 Å². The zero-order valence-electron chi connectivity index (χ0n) is 11.5. The molecule has 2 aromatic rings. The van der Waals surface area contributed by atoms with Crippen LogP contribution in [0.15, 0.2) is 30.7 Å². The summed E-state index contributed by atoms with van der Waals surface area (Å²) >= 11 is 0. The largest absolute Gasteiger partial charge is 0.289 e. The van der Waals surface area contributed by atoms with Gasteiger partial charge in [-0.05, 0) is 38.4 Å². The van der Waals surface area contributed by atoms with E-state index in [9.17, 15) is 4.39 Å². The molecule has 3 rings (SSSR count). The highest BCUT2D eigenvalue weighted by atomic mass is 19.1. The van der Waals surface area contributed by atoms with Crippen LogP contribution in [0.2, 0.25) is 0 Å². The summed E-state index contributed by atoms with van der Waals surface area (Å²) in [7, 11) is 0. The van der Waals surface area contributed by atoms with Crippen LogP contribution < -0.4 is 0 Å². The van der Waals surface area contributed by atoms with Gasteiger partial charge in [-0.1, -0.05) is 0 Å². The molecule has 0 N–H and O–H groups in total. The molecule has 1 aliphatic heterocycles. The van der Waals surface area contributed by atoms with Gasteiger partial charge in [0.1, 0.15) is 5.82 Å². The van der Waals surface area contributed by atoms with Crippen LogP contribution in [0.3, 0.4) is 0 Å². The molecular formula is C15H17FN4. The molecule has 4 nitrogen and oxygen atoms in total. The third-order valence-electron chi connectivity index (χ3n) is 3.63. The average molecular weight is 272 g/mol. The van der Waals surface area contributed by atoms with E-state index in [1.165, 1.54) is 12.3 Å². The van der Waals surface area contributed by atoms with E-state index in [2.05, 4.69) is 19.9 Å². The maximum absolute atomic E-state index is 12.9. The van der Waals surface area contributed by atoms with E-state index in [0.29, 0.717) is 0 Å². The molecular weight excluding hydrogens is 255 g/mol. The van der Waals surface area contributed by atoms with Crippen LogP contribution in [0.4, 0.5) is 4.39 Å². The van der Waals surface area contributed by atoms with Crippen molar-refractivity contribution in [3.63, 3.8) is 0 Å². The lowest BCUT2D eigenvalue weighted by atomic mass is 10.1. The van der Waals surface area contributed by atoms with Gasteiger partial charge >= 0.3 is 0 Å². The molecule has 20 heavy (non-hydrogen) atoms. The maximum atomic E-state index is 12.9. The number of halogens is 1. The van der Waals surface area contributed by atoms with Gasteiger partial charge in [-0.3, -0.25) is 19.9 Å². The van der Waals surface area contributed by atoms with Crippen LogP contribution in [-0.4, -0.2) is 26.4 Å². The summed E-state index contributed by atoms with van der Waals surface area (Å²) in [4.78, 5) is 15.3. The number of aryl methyl sites for hydroxylation is 1. The minimum Gasteiger partial charge on any atom is -0.289 e. The summed E-state index contributed by atoms with van der Waals surface area (Å²) in [5.41, 5.74) is 2.85. The monoisotopic (exact) mass is 272 g/mol. The van der Waals surface area contributed by atoms with Crippen molar-refractivity contribution < 1.29 is 4.39 Å². The number of hydrogen-bond acceptors (Lipinski definition) is 4. The van der Waals surface area contributed by atoms with Gasteiger partial charge in [0.2, 0.25) is 0 Å². The van der Waals surface area contributed by atoms with Crippen molar-refractivity contribution in [3.05, 3.63) is 53.6 Å². The van der Waals surface area contributed by atoms with Gasteiger partial charge in [-0.2, -0.15) is 0 Å². The van der Waals surface area contributed by atoms with Gasteiger partial charge in [-0.15, -0.1) is 0 Å². The van der Waals surface area contributed by atoms with Crippen LogP contribution in [0, 0.1) is 12.7 Å². The molecule has 0 spiro atoms. The molecule has 1 atom stereocenters. The van der Waals surface area contributed by atoms with Crippen molar-refractivity contribution in [1.82, 2.24) is 19.9 Å². The number of aromatic nitrogens is 3. The van der Waals surface area contributed by atoms with E-state index < -0.39 is 0 Å². The first kappa shape index (κ1) is 13.1. The third kappa shape index (κ3) is 2.82. The first-order chi connectivity index (χ1) is 9.72. The topological polar surface area (TPSA) is 41.9 Å². The van der Waals surface area contributed by atoms with Gasteiger partial charge in [0, 0.05) is 18.9 Å². The molecule has 1 saturated heterocycles. The zero-order chi connectivity index (χ0) is 13.9. The second kappa shape index (κ2) is 5.63. The van der Waals surface area contributed by atoms with Gasteiger partial charge < -0.3 is 0 Å². The van der Waals surface area contributed by atoms with Crippen LogP contribution in [-0.2, 0) is 6.54 Å². The van der Waals surface area contributed by atoms with Crippen molar-refractivity contribution in [1.29, 1.82) is 0 Å². The first-order valence-electron chi connectivity index (χ1n) is 6.85. The highest BCUT2D eigenvalue weighted by molar-refractivity contribution is 5.11. The summed E-state index contributed by atoms with van der Waals surface area (Å²) < 4.78 is 12.9. The molecule has 0 aromatic carbocycles. The SMILES string of the molecule is Cc1cncc([C@H]2CCCN2Cc2ccc(F)cn2)n1. The summed E-state index contributed by atoms with van der Waals surface area (Å²) in [6.45, 7) is 3.69. The Hall–Kier alpha value is -1.88. The van der Waals surface area contributed by atoms with E-state index in [4.69, 9.17) is 0 Å². The summed E-state index contributed by atoms with van der Waals surface area (Å²) in [5, 5.41) is 0. The predicted octanol–water partition coefficient (Wildman–Crippen LogP) is 2.66. The van der Waals surface area contributed by atoms with Crippen molar-refractivity contribution in [2.75, 3.05) is 6.54 Å². The molecule has 0 amide bonds. The Balaban J connectivity index is 1.77. The van der Waals surface area contributed by atoms with Gasteiger partial charge in [-0.25, -0.2) is 4.39 Å². The number of nitrogens with zero attached hydrogens (tertiary/aromatic N) is 4. The van der Waals surface area contributed by atoms with Crippen molar-refractivity contribution in [2.45, 2.75) is 32.4 Å². The van der Waals surface area contributed by atoms with Crippen molar-refractivity contribution >= 4 is 0 Å². The molecule has 0 aliphatic carbocycles. The molecule has 0 saturated carbocycles. The highest BCUT2D eigenvalue weighted by Crippen LogP contribution is 2.31. The van der Waals surface area contributed by atoms with Gasteiger partial charge in [0.15, 0.2) is 0 Å². The van der Waals surface area contributed by atoms with Crippen LogP contribution in [0.25, 0.3) is 0 Å². The lowest BCUT2D eigenvalue weighted by Gasteiger charge is -2.23. The second-order valence-electron chi connectivity index (χ2n) is 5.18. The maximum Gasteiger partial charge on any atom is 0.141 e. The summed E-state index contributed by atoms with van der Waals surface area (Å²) in [6.07, 6.45) is 7.10. The molecule has 5 heteroatoms. The lowest BCUT2D eigenvalue weighted by molar-refractivity contribution is 0.240. The Labute approximate surface area is 117 Å². The summed E-state index contributed by atoms with van der Waals surface area (Å²) in [6, 6.07) is 3.49. The Morgan fingerprint density at radius 3 is 2.95 bits per heavy atom. The second-order valence-corrected chi connectivity index (χ2v) is 5.18. The lowest BCUT2D eigenvalue weighted by Crippen LogP contribution is -2.24. The number of likely N-dealkylation sites (tertiary alicyclic amines) is 1. The van der Waals surface area contributed by atoms with Crippen LogP contribution in [0.5, 0.6) is 0 Å². The van der Waals surface area contributed by atoms with Crippen LogP contribution >= 0.6 is 0 Å². The quantitative estimate of drug-likeness (QED) is 0.861. The molecule has 0 unspecified atom stereocenters. The average Bonchev–Trinajstić information content (AvgIpc) is 2.89. The smallest absolute Gasteiger partial charge is 0.141 e. The van der Waals surface area contributed by atoms with Crippen molar-refractivity contribution in [3.8, 4) is 0 Å². The van der Waals surface area contributed by atoms with Gasteiger partial charge in [0.05, 0.1) is 29.3 Å². The Kier molecular flexibility index (Phi) is 3.69. The standard InChI is InChI=1S/C15H17FN4/c1-11-7-17-9-14(19-11)15-3-2-6-20(15)10-13-5-4-12(16)8-18-13/h4-5,7-9,15H,2-3,6,10H2,1H3/t15-/m1/s1. The zero-order valence-corrected chi connectivity index (χ0v) is 11.5. The number of hydrogen-bond donors (Lipinski definition) is 0. The van der Waals surface area contributed by atoms with Gasteiger partial charge in [0.25, 0.3) is 0 Å². The van der Waals surface area contributed by atoms with Crippen LogP contribution in [0.1, 0.15) is 36.0 Å². The van der Waals surface area contributed by atoms with E-state index in [1.807, 2.05) is 13.1 Å². The molecule has 1 fully saturated rings. The first-order valence-corrected chi connectivity index (χ1v) is 6.85. The fourth-order valence-corrected chi connectivity index (χ4v) is 2.70. The minimum atomic E-state index is -0.295. The molecule has 0 bridgehead atoms. The molecule has 0 radical (unpaired) electrons. The Bertz CT molecular complexity index is 585. The number of rotatable bonds is 3. The normalized spacial score (nSPS) is 19.4. The van der Waals surface area contributed by atoms with Crippen molar-refractivity contribution in [2.24, 2.45) is 0 Å². The molecule has 104 valence electrons. The van der Waals surface area contributed by atoms with E-state index >= 15 is 0 Å². The minimum absolute atomic E-state index is 0.286. The molecule has 1 aliphatic rings. The fraction of sp³-hybridized carbons (Fsp3) is 0.400. The summed E-state index contributed by atoms with van der Waals surface area (Å²) in [5.74, 6) is -0.295. The molecule has 3 heterocycles. The number of pyridine rings is 1. The Morgan fingerprint density at radius 1 is 1.30 bits per heavy atom. The van der Waals surface area contributed by atoms with E-state index in [1.54, 1.807) is 12.3 Å². The predicted molar refractivity (Wildman–Crippen MR) is 73.3 cm³/mol.